The zero-order chi connectivity index (χ0) is 44.0. The second-order valence-corrected chi connectivity index (χ2v) is 18.6. The Kier molecular flexibility index (Phi) is 17.3. The highest BCUT2D eigenvalue weighted by atomic mass is 32.1. The van der Waals surface area contributed by atoms with Crippen molar-refractivity contribution in [2.45, 2.75) is 119 Å². The average Bonchev–Trinajstić information content (AvgIpc) is 4.13. The molecule has 336 valence electrons. The molecule has 0 aliphatic heterocycles. The molecule has 0 bridgehead atoms. The van der Waals surface area contributed by atoms with Crippen LogP contribution in [0.25, 0.3) is 65.7 Å². The van der Waals surface area contributed by atoms with Gasteiger partial charge in [0.1, 0.15) is 0 Å². The van der Waals surface area contributed by atoms with Crippen molar-refractivity contribution < 1.29 is 28.4 Å². The molecule has 3 heterocycles. The Morgan fingerprint density at radius 1 is 0.349 bits per heavy atom. The predicted octanol–water partition coefficient (Wildman–Crippen LogP) is 17.4. The number of hydrogen-bond acceptors (Lipinski definition) is 9. The van der Waals surface area contributed by atoms with Gasteiger partial charge in [0.2, 0.25) is 0 Å². The molecule has 9 heteroatoms. The van der Waals surface area contributed by atoms with E-state index in [1.54, 1.807) is 34.0 Å². The lowest BCUT2D eigenvalue weighted by Crippen LogP contribution is -2.08. The normalized spacial score (nSPS) is 11.5. The Morgan fingerprint density at radius 3 is 1.05 bits per heavy atom. The molecule has 0 radical (unpaired) electrons. The van der Waals surface area contributed by atoms with Crippen LogP contribution in [0, 0.1) is 0 Å². The van der Waals surface area contributed by atoms with Gasteiger partial charge in [-0.2, -0.15) is 34.0 Å². The van der Waals surface area contributed by atoms with E-state index in [9.17, 15) is 0 Å². The Labute approximate surface area is 387 Å². The van der Waals surface area contributed by atoms with Gasteiger partial charge in [0, 0.05) is 32.8 Å². The molecule has 4 aromatic carbocycles. The molecule has 3 aromatic heterocycles. The zero-order valence-electron chi connectivity index (χ0n) is 38.3. The molecule has 0 saturated heterocycles. The van der Waals surface area contributed by atoms with E-state index in [0.717, 1.165) is 177 Å². The number of ether oxygens (including phenoxy) is 6. The maximum Gasteiger partial charge on any atom is 0.170 e. The number of fused-ring (bicyclic) bond motifs is 6. The van der Waals surface area contributed by atoms with Crippen LogP contribution in [0.2, 0.25) is 0 Å². The summed E-state index contributed by atoms with van der Waals surface area (Å²) in [5.41, 5.74) is 6.40. The Balaban J connectivity index is 1.79. The minimum Gasteiger partial charge on any atom is -0.490 e. The summed E-state index contributed by atoms with van der Waals surface area (Å²) < 4.78 is 41.6. The highest BCUT2D eigenvalue weighted by molar-refractivity contribution is 7.08. The summed E-state index contributed by atoms with van der Waals surface area (Å²) in [4.78, 5) is 0. The van der Waals surface area contributed by atoms with Crippen LogP contribution in [-0.4, -0.2) is 39.6 Å². The summed E-state index contributed by atoms with van der Waals surface area (Å²) in [6, 6.07) is 13.5. The smallest absolute Gasteiger partial charge is 0.170 e. The lowest BCUT2D eigenvalue weighted by molar-refractivity contribution is 0.262. The van der Waals surface area contributed by atoms with Gasteiger partial charge in [-0.3, -0.25) is 0 Å². The number of hydrogen-bond donors (Lipinski definition) is 0. The maximum absolute atomic E-state index is 7.12. The fourth-order valence-corrected chi connectivity index (χ4v) is 10.0. The van der Waals surface area contributed by atoms with Gasteiger partial charge in [0.25, 0.3) is 0 Å². The van der Waals surface area contributed by atoms with Crippen molar-refractivity contribution in [3.63, 3.8) is 0 Å². The molecular formula is C54H66O6S3. The zero-order valence-corrected chi connectivity index (χ0v) is 40.8. The topological polar surface area (TPSA) is 55.4 Å². The third kappa shape index (κ3) is 10.4. The second kappa shape index (κ2) is 23.5. The highest BCUT2D eigenvalue weighted by Gasteiger charge is 2.31. The van der Waals surface area contributed by atoms with Crippen LogP contribution in [0.1, 0.15) is 119 Å². The summed E-state index contributed by atoms with van der Waals surface area (Å²) in [5.74, 6) is 4.65. The van der Waals surface area contributed by atoms with Gasteiger partial charge >= 0.3 is 0 Å². The number of thiophene rings is 3. The Hall–Kier alpha value is -4.44. The van der Waals surface area contributed by atoms with Gasteiger partial charge in [-0.25, -0.2) is 0 Å². The second-order valence-electron chi connectivity index (χ2n) is 16.3. The van der Waals surface area contributed by atoms with Crippen molar-refractivity contribution in [1.29, 1.82) is 0 Å². The minimum atomic E-state index is 0.576. The van der Waals surface area contributed by atoms with Crippen molar-refractivity contribution in [3.05, 3.63) is 68.7 Å². The van der Waals surface area contributed by atoms with Crippen LogP contribution in [0.4, 0.5) is 0 Å². The van der Waals surface area contributed by atoms with Crippen molar-refractivity contribution >= 4 is 66.3 Å². The summed E-state index contributed by atoms with van der Waals surface area (Å²) in [6.45, 7) is 16.8. The third-order valence-electron chi connectivity index (χ3n) is 11.5. The maximum atomic E-state index is 7.12. The van der Waals surface area contributed by atoms with Crippen molar-refractivity contribution in [1.82, 2.24) is 0 Å². The molecule has 0 N–H and O–H groups in total. The Bertz CT molecular complexity index is 2490. The predicted molar refractivity (Wildman–Crippen MR) is 271 cm³/mol. The summed E-state index contributed by atoms with van der Waals surface area (Å²) in [7, 11) is 0. The van der Waals surface area contributed by atoms with E-state index in [-0.39, 0.29) is 0 Å². The third-order valence-corrected chi connectivity index (χ3v) is 13.5. The van der Waals surface area contributed by atoms with Crippen LogP contribution in [0.3, 0.4) is 0 Å². The fourth-order valence-electron chi connectivity index (χ4n) is 8.07. The van der Waals surface area contributed by atoms with E-state index in [4.69, 9.17) is 28.4 Å². The quantitative estimate of drug-likeness (QED) is 0.0379. The van der Waals surface area contributed by atoms with E-state index in [1.807, 2.05) is 0 Å². The van der Waals surface area contributed by atoms with Crippen LogP contribution in [0.15, 0.2) is 68.7 Å². The van der Waals surface area contributed by atoms with Gasteiger partial charge in [-0.1, -0.05) is 80.1 Å². The molecule has 0 atom stereocenters. The van der Waals surface area contributed by atoms with Crippen LogP contribution < -0.4 is 28.4 Å². The van der Waals surface area contributed by atoms with Crippen LogP contribution in [0.5, 0.6) is 34.5 Å². The van der Waals surface area contributed by atoms with Crippen molar-refractivity contribution in [2.24, 2.45) is 0 Å². The molecule has 0 aliphatic carbocycles. The van der Waals surface area contributed by atoms with Gasteiger partial charge in [0.15, 0.2) is 34.5 Å². The molecule has 6 nitrogen and oxygen atoms in total. The largest absolute Gasteiger partial charge is 0.490 e. The first-order valence-electron chi connectivity index (χ1n) is 23.6. The summed E-state index contributed by atoms with van der Waals surface area (Å²) >= 11 is 5.10. The Morgan fingerprint density at radius 2 is 0.667 bits per heavy atom. The van der Waals surface area contributed by atoms with Crippen molar-refractivity contribution in [2.75, 3.05) is 39.6 Å². The molecule has 0 aliphatic rings. The van der Waals surface area contributed by atoms with E-state index in [2.05, 4.69) is 110 Å². The van der Waals surface area contributed by atoms with E-state index in [1.165, 1.54) is 0 Å². The molecule has 0 amide bonds. The van der Waals surface area contributed by atoms with E-state index in [0.29, 0.717) is 39.6 Å². The standard InChI is InChI=1S/C54H66O6S3/c1-7-13-22-55-43-31-40-41(32-44(43)56-23-14-8-2)50-47(38-20-29-62-35-38)53(59-26-17-11-5)54(60-27-18-12-6)48(39-21-30-63-36-39)51(50)42-33-45(57-24-15-9-3)52(58-25-16-10-4)46(49(40)42)37-19-28-61-34-37/h19-21,28-36H,7-18,22-27H2,1-6H3. The van der Waals surface area contributed by atoms with Gasteiger partial charge in [0.05, 0.1) is 39.6 Å². The molecule has 63 heavy (non-hydrogen) atoms. The van der Waals surface area contributed by atoms with Crippen LogP contribution in [-0.2, 0) is 0 Å². The molecule has 7 rings (SSSR count). The van der Waals surface area contributed by atoms with Gasteiger partial charge in [-0.05, 0) is 140 Å². The number of rotatable bonds is 27. The highest BCUT2D eigenvalue weighted by Crippen LogP contribution is 2.59. The van der Waals surface area contributed by atoms with Gasteiger partial charge in [-0.15, -0.1) is 0 Å². The first kappa shape index (κ1) is 46.5. The minimum absolute atomic E-state index is 0.576. The molecule has 0 unspecified atom stereocenters. The number of unbranched alkanes of at least 4 members (excludes halogenated alkanes) is 6. The average molecular weight is 907 g/mol. The monoisotopic (exact) mass is 906 g/mol. The van der Waals surface area contributed by atoms with E-state index < -0.39 is 0 Å². The molecule has 0 fully saturated rings. The fraction of sp³-hybridized carbons (Fsp3) is 0.444. The molecule has 7 aromatic rings. The SMILES string of the molecule is CCCCOc1cc2c(cc1OCCCC)c1c(-c3ccsc3)c(OCCCC)c(OCCCC)c(-c3ccsc3)c1c1cc(OCCCC)c(OCCCC)c(-c3ccsc3)c21. The lowest BCUT2D eigenvalue weighted by Gasteiger charge is -2.27. The number of benzene rings is 4. The van der Waals surface area contributed by atoms with Crippen molar-refractivity contribution in [3.8, 4) is 67.9 Å². The molecule has 0 spiro atoms. The van der Waals surface area contributed by atoms with Crippen LogP contribution >= 0.6 is 34.0 Å². The van der Waals surface area contributed by atoms with Gasteiger partial charge < -0.3 is 28.4 Å². The first-order valence-corrected chi connectivity index (χ1v) is 26.4. The first-order chi connectivity index (χ1) is 31.1. The lowest BCUT2D eigenvalue weighted by atomic mass is 9.82. The summed E-state index contributed by atoms with van der Waals surface area (Å²) in [6.07, 6.45) is 11.8. The van der Waals surface area contributed by atoms with E-state index >= 15 is 0 Å². The molecular weight excluding hydrogens is 841 g/mol. The summed E-state index contributed by atoms with van der Waals surface area (Å²) in [5, 5.41) is 19.7. The molecule has 0 saturated carbocycles.